The maximum absolute atomic E-state index is 13.4. The highest BCUT2D eigenvalue weighted by Gasteiger charge is 2.26. The number of aryl methyl sites for hydroxylation is 1. The van der Waals surface area contributed by atoms with Crippen LogP contribution in [0.1, 0.15) is 85.3 Å². The summed E-state index contributed by atoms with van der Waals surface area (Å²) >= 11 is 0. The molecule has 1 aliphatic heterocycles. The van der Waals surface area contributed by atoms with Crippen LogP contribution in [0.15, 0.2) is 29.3 Å². The number of aromatic nitrogens is 4. The van der Waals surface area contributed by atoms with Gasteiger partial charge >= 0.3 is 0 Å². The zero-order valence-corrected chi connectivity index (χ0v) is 24.3. The molecule has 1 atom stereocenters. The second-order valence-corrected chi connectivity index (χ2v) is 13.6. The Balaban J connectivity index is 1.34. The molecule has 0 radical (unpaired) electrons. The fourth-order valence-electron chi connectivity index (χ4n) is 6.15. The van der Waals surface area contributed by atoms with E-state index in [1.54, 1.807) is 17.7 Å². The SMILES string of the molecule is CC(=O)c1c(C)c2cnc(Nc3ccc(C4CCCN(CCS(C)(=O)=O)CC4)cn3)nc2n(C2CCCC2)c1=O. The summed E-state index contributed by atoms with van der Waals surface area (Å²) < 4.78 is 24.8. The molecule has 0 aromatic carbocycles. The first-order chi connectivity index (χ1) is 19.1. The Labute approximate surface area is 235 Å². The van der Waals surface area contributed by atoms with Gasteiger partial charge in [0.05, 0.1) is 11.3 Å². The van der Waals surface area contributed by atoms with Gasteiger partial charge in [0.2, 0.25) is 5.95 Å². The minimum Gasteiger partial charge on any atom is -0.309 e. The van der Waals surface area contributed by atoms with E-state index in [-0.39, 0.29) is 28.7 Å². The van der Waals surface area contributed by atoms with E-state index >= 15 is 0 Å². The zero-order chi connectivity index (χ0) is 28.4. The summed E-state index contributed by atoms with van der Waals surface area (Å²) in [6, 6.07) is 4.02. The number of sulfone groups is 1. The quantitative estimate of drug-likeness (QED) is 0.400. The summed E-state index contributed by atoms with van der Waals surface area (Å²) in [5.74, 6) is 1.30. The van der Waals surface area contributed by atoms with Crippen LogP contribution in [0, 0.1) is 6.92 Å². The van der Waals surface area contributed by atoms with Gasteiger partial charge in [-0.1, -0.05) is 18.9 Å². The van der Waals surface area contributed by atoms with Gasteiger partial charge in [-0.3, -0.25) is 14.2 Å². The van der Waals surface area contributed by atoms with E-state index in [2.05, 4.69) is 26.3 Å². The highest BCUT2D eigenvalue weighted by molar-refractivity contribution is 7.90. The second kappa shape index (κ2) is 11.7. The van der Waals surface area contributed by atoms with Gasteiger partial charge in [0.25, 0.3) is 5.56 Å². The normalized spacial score (nSPS) is 19.1. The van der Waals surface area contributed by atoms with Crippen LogP contribution in [-0.4, -0.2) is 70.3 Å². The van der Waals surface area contributed by atoms with E-state index in [1.165, 1.54) is 13.2 Å². The smallest absolute Gasteiger partial charge is 0.263 e. The molecule has 2 fully saturated rings. The molecule has 5 rings (SSSR count). The van der Waals surface area contributed by atoms with Crippen LogP contribution in [0.5, 0.6) is 0 Å². The van der Waals surface area contributed by atoms with Crippen LogP contribution in [-0.2, 0) is 9.84 Å². The summed E-state index contributed by atoms with van der Waals surface area (Å²) in [5, 5.41) is 3.90. The number of nitrogens with one attached hydrogen (secondary N) is 1. The van der Waals surface area contributed by atoms with E-state index in [1.807, 2.05) is 12.3 Å². The summed E-state index contributed by atoms with van der Waals surface area (Å²) in [6.45, 7) is 5.60. The summed E-state index contributed by atoms with van der Waals surface area (Å²) in [5.41, 5.74) is 2.28. The molecule has 1 N–H and O–H groups in total. The van der Waals surface area contributed by atoms with E-state index in [4.69, 9.17) is 4.98 Å². The average Bonchev–Trinajstić information content (AvgIpc) is 3.32. The Morgan fingerprint density at radius 2 is 1.82 bits per heavy atom. The molecule has 4 heterocycles. The van der Waals surface area contributed by atoms with Gasteiger partial charge in [-0.15, -0.1) is 0 Å². The van der Waals surface area contributed by atoms with Crippen molar-refractivity contribution in [1.82, 2.24) is 24.4 Å². The third kappa shape index (κ3) is 6.25. The van der Waals surface area contributed by atoms with Crippen molar-refractivity contribution in [1.29, 1.82) is 0 Å². The van der Waals surface area contributed by atoms with E-state index in [9.17, 15) is 18.0 Å². The van der Waals surface area contributed by atoms with Crippen LogP contribution >= 0.6 is 0 Å². The molecular formula is C29H38N6O4S. The lowest BCUT2D eigenvalue weighted by atomic mass is 9.93. The number of Topliss-reactive ketones (excluding diaryl/α,β-unsaturated/α-hetero) is 1. The van der Waals surface area contributed by atoms with Crippen LogP contribution in [0.4, 0.5) is 11.8 Å². The monoisotopic (exact) mass is 566 g/mol. The van der Waals surface area contributed by atoms with Crippen molar-refractivity contribution in [3.8, 4) is 0 Å². The largest absolute Gasteiger partial charge is 0.309 e. The number of anilines is 2. The standard InChI is InChI=1S/C29H38N6O4S/c1-19-24-18-31-29(33-27(24)35(23-8-4-5-9-23)28(37)26(19)20(2)36)32-25-11-10-22(17-30-25)21-7-6-13-34(14-12-21)15-16-40(3,38)39/h10-11,17-18,21,23H,4-9,12-16H2,1-3H3,(H,30,31,32,33). The summed E-state index contributed by atoms with van der Waals surface area (Å²) in [7, 11) is -2.96. The van der Waals surface area contributed by atoms with Crippen LogP contribution in [0.25, 0.3) is 11.0 Å². The minimum absolute atomic E-state index is 0.0238. The van der Waals surface area contributed by atoms with Crippen molar-refractivity contribution in [2.24, 2.45) is 0 Å². The van der Waals surface area contributed by atoms with E-state index in [0.29, 0.717) is 40.8 Å². The Morgan fingerprint density at radius 1 is 1.05 bits per heavy atom. The molecule has 3 aromatic rings. The van der Waals surface area contributed by atoms with Gasteiger partial charge in [0, 0.05) is 36.6 Å². The molecule has 40 heavy (non-hydrogen) atoms. The molecule has 214 valence electrons. The van der Waals surface area contributed by atoms with Crippen LogP contribution in [0.2, 0.25) is 0 Å². The molecule has 0 amide bonds. The van der Waals surface area contributed by atoms with Crippen LogP contribution in [0.3, 0.4) is 0 Å². The lowest BCUT2D eigenvalue weighted by Crippen LogP contribution is -2.30. The van der Waals surface area contributed by atoms with E-state index in [0.717, 1.165) is 63.6 Å². The van der Waals surface area contributed by atoms with Crippen molar-refractivity contribution in [3.63, 3.8) is 0 Å². The number of rotatable bonds is 8. The maximum Gasteiger partial charge on any atom is 0.263 e. The molecule has 1 unspecified atom stereocenters. The third-order valence-electron chi connectivity index (χ3n) is 8.35. The number of ketones is 1. The number of fused-ring (bicyclic) bond motifs is 1. The Morgan fingerprint density at radius 3 is 2.50 bits per heavy atom. The molecule has 3 aromatic heterocycles. The van der Waals surface area contributed by atoms with Gasteiger partial charge in [-0.05, 0) is 82.2 Å². The molecular weight excluding hydrogens is 528 g/mol. The first kappa shape index (κ1) is 28.4. The van der Waals surface area contributed by atoms with Gasteiger partial charge in [-0.25, -0.2) is 18.4 Å². The fourth-order valence-corrected chi connectivity index (χ4v) is 6.74. The van der Waals surface area contributed by atoms with Gasteiger partial charge in [-0.2, -0.15) is 4.98 Å². The maximum atomic E-state index is 13.4. The summed E-state index contributed by atoms with van der Waals surface area (Å²) in [4.78, 5) is 41.9. The van der Waals surface area contributed by atoms with Crippen molar-refractivity contribution < 1.29 is 13.2 Å². The first-order valence-corrected chi connectivity index (χ1v) is 16.2. The number of pyridine rings is 2. The molecule has 10 nitrogen and oxygen atoms in total. The topological polar surface area (TPSA) is 127 Å². The average molecular weight is 567 g/mol. The highest BCUT2D eigenvalue weighted by Crippen LogP contribution is 2.32. The molecule has 0 bridgehead atoms. The summed E-state index contributed by atoms with van der Waals surface area (Å²) in [6.07, 6.45) is 11.8. The van der Waals surface area contributed by atoms with Crippen molar-refractivity contribution in [3.05, 3.63) is 51.6 Å². The van der Waals surface area contributed by atoms with Crippen LogP contribution < -0.4 is 10.9 Å². The van der Waals surface area contributed by atoms with Gasteiger partial charge in [0.15, 0.2) is 5.78 Å². The fraction of sp³-hybridized carbons (Fsp3) is 0.552. The van der Waals surface area contributed by atoms with Gasteiger partial charge < -0.3 is 10.2 Å². The second-order valence-electron chi connectivity index (χ2n) is 11.3. The number of hydrogen-bond donors (Lipinski definition) is 1. The number of nitrogens with zero attached hydrogens (tertiary/aromatic N) is 5. The molecule has 0 spiro atoms. The first-order valence-electron chi connectivity index (χ1n) is 14.2. The molecule has 11 heteroatoms. The molecule has 2 aliphatic rings. The third-order valence-corrected chi connectivity index (χ3v) is 9.27. The molecule has 1 saturated heterocycles. The number of carbonyl (C=O) groups excluding carboxylic acids is 1. The Hall–Kier alpha value is -3.18. The highest BCUT2D eigenvalue weighted by atomic mass is 32.2. The molecule has 1 aliphatic carbocycles. The number of likely N-dealkylation sites (tertiary alicyclic amines) is 1. The van der Waals surface area contributed by atoms with Crippen molar-refractivity contribution in [2.75, 3.05) is 37.0 Å². The zero-order valence-electron chi connectivity index (χ0n) is 23.5. The predicted octanol–water partition coefficient (Wildman–Crippen LogP) is 4.17. The lowest BCUT2D eigenvalue weighted by Gasteiger charge is -2.20. The number of hydrogen-bond acceptors (Lipinski definition) is 9. The Kier molecular flexibility index (Phi) is 8.32. The minimum atomic E-state index is -2.96. The van der Waals surface area contributed by atoms with Crippen molar-refractivity contribution >= 4 is 38.4 Å². The van der Waals surface area contributed by atoms with Crippen molar-refractivity contribution in [2.45, 2.75) is 70.8 Å². The Bertz CT molecular complexity index is 1560. The lowest BCUT2D eigenvalue weighted by molar-refractivity contribution is 0.101. The number of carbonyl (C=O) groups is 1. The molecule has 1 saturated carbocycles. The predicted molar refractivity (Wildman–Crippen MR) is 156 cm³/mol. The van der Waals surface area contributed by atoms with E-state index < -0.39 is 9.84 Å². The van der Waals surface area contributed by atoms with Gasteiger partial charge in [0.1, 0.15) is 21.3 Å².